The van der Waals surface area contributed by atoms with Gasteiger partial charge in [0.1, 0.15) is 12.0 Å². The Kier molecular flexibility index (Phi) is 0.768. The average Bonchev–Trinajstić information content (AvgIpc) is 2.41. The number of aromatic nitrogens is 3. The van der Waals surface area contributed by atoms with E-state index in [9.17, 15) is 4.79 Å². The molecule has 0 fully saturated rings. The summed E-state index contributed by atoms with van der Waals surface area (Å²) in [5, 5.41) is 0.400. The Balaban J connectivity index is 3.24. The zero-order valence-electron chi connectivity index (χ0n) is 5.16. The molecule has 1 N–H and O–H groups in total. The van der Waals surface area contributed by atoms with E-state index < -0.39 is 0 Å². The summed E-state index contributed by atoms with van der Waals surface area (Å²) >= 11 is 0. The molecule has 10 heavy (non-hydrogen) atoms. The van der Waals surface area contributed by atoms with Gasteiger partial charge in [-0.2, -0.15) is 0 Å². The highest BCUT2D eigenvalue weighted by molar-refractivity contribution is 5.35. The highest BCUT2D eigenvalue weighted by atomic mass is 16.1. The first kappa shape index (κ1) is 5.22. The van der Waals surface area contributed by atoms with Crippen molar-refractivity contribution in [2.24, 2.45) is 0 Å². The topological polar surface area (TPSA) is 50.2 Å². The summed E-state index contributed by atoms with van der Waals surface area (Å²) in [5.74, 6) is 0. The molecule has 0 aliphatic carbocycles. The van der Waals surface area contributed by atoms with E-state index in [0.717, 1.165) is 0 Å². The molecule has 2 rings (SSSR count). The van der Waals surface area contributed by atoms with Crippen LogP contribution in [-0.2, 0) is 0 Å². The lowest BCUT2D eigenvalue weighted by atomic mass is 10.7. The van der Waals surface area contributed by atoms with Gasteiger partial charge in [-0.15, -0.1) is 0 Å². The third kappa shape index (κ3) is 0.452. The van der Waals surface area contributed by atoms with Gasteiger partial charge in [-0.25, -0.2) is 9.38 Å². The average molecular weight is 135 g/mol. The van der Waals surface area contributed by atoms with Gasteiger partial charge in [-0.1, -0.05) is 6.58 Å². The number of imidazole rings is 2. The molecule has 2 aromatic heterocycles. The maximum absolute atomic E-state index is 11.0. The molecule has 2 heterocycles. The Hall–Kier alpha value is -1.58. The Bertz CT molecular complexity index is 453. The molecule has 0 amide bonds. The van der Waals surface area contributed by atoms with Gasteiger partial charge in [0, 0.05) is 0 Å². The molecule has 0 spiro atoms. The van der Waals surface area contributed by atoms with Crippen molar-refractivity contribution in [3.05, 3.63) is 28.2 Å². The summed E-state index contributed by atoms with van der Waals surface area (Å²) < 4.78 is 1.42. The minimum atomic E-state index is -0.132. The number of hydrogen-bond donors (Lipinski definition) is 1. The summed E-state index contributed by atoms with van der Waals surface area (Å²) in [4.78, 5) is 17.6. The predicted octanol–water partition coefficient (Wildman–Crippen LogP) is -0.848. The molecule has 0 unspecified atom stereocenters. The second-order valence-corrected chi connectivity index (χ2v) is 2.06. The fourth-order valence-electron chi connectivity index (χ4n) is 0.903. The quantitative estimate of drug-likeness (QED) is 0.511. The summed E-state index contributed by atoms with van der Waals surface area (Å²) in [6, 6.07) is 0. The van der Waals surface area contributed by atoms with Crippen LogP contribution in [0.4, 0.5) is 0 Å². The van der Waals surface area contributed by atoms with Crippen LogP contribution in [0.3, 0.4) is 0 Å². The van der Waals surface area contributed by atoms with Crippen molar-refractivity contribution in [3.8, 4) is 0 Å². The Morgan fingerprint density at radius 3 is 3.20 bits per heavy atom. The van der Waals surface area contributed by atoms with Gasteiger partial charge in [0.2, 0.25) is 0 Å². The maximum atomic E-state index is 11.0. The summed E-state index contributed by atoms with van der Waals surface area (Å²) in [5.41, 5.74) is 0.558. The van der Waals surface area contributed by atoms with Crippen LogP contribution in [0.1, 0.15) is 0 Å². The molecule has 0 atom stereocenters. The largest absolute Gasteiger partial charge is 0.336 e. The van der Waals surface area contributed by atoms with E-state index in [1.54, 1.807) is 6.20 Å². The highest BCUT2D eigenvalue weighted by Crippen LogP contribution is 1.86. The fourth-order valence-corrected chi connectivity index (χ4v) is 0.903. The molecule has 4 nitrogen and oxygen atoms in total. The number of nitrogens with zero attached hydrogens (tertiary/aromatic N) is 2. The second kappa shape index (κ2) is 1.47. The zero-order valence-corrected chi connectivity index (χ0v) is 5.16. The van der Waals surface area contributed by atoms with Crippen LogP contribution in [-0.4, -0.2) is 14.4 Å². The first-order chi connectivity index (χ1) is 4.79. The summed E-state index contributed by atoms with van der Waals surface area (Å²) in [6.07, 6.45) is 3.04. The van der Waals surface area contributed by atoms with Crippen molar-refractivity contribution < 1.29 is 0 Å². The molecular weight excluding hydrogens is 130 g/mol. The number of nitrogens with one attached hydrogen (secondary N) is 1. The molecule has 50 valence electrons. The van der Waals surface area contributed by atoms with Crippen molar-refractivity contribution in [2.75, 3.05) is 0 Å². The third-order valence-corrected chi connectivity index (χ3v) is 1.39. The number of aromatic amines is 1. The van der Waals surface area contributed by atoms with E-state index >= 15 is 0 Å². The first-order valence-electron chi connectivity index (χ1n) is 2.82. The fraction of sp³-hybridized carbons (Fsp3) is 0. The van der Waals surface area contributed by atoms with Crippen molar-refractivity contribution in [1.82, 2.24) is 14.4 Å². The Morgan fingerprint density at radius 2 is 2.50 bits per heavy atom. The number of hydrogen-bond acceptors (Lipinski definition) is 2. The minimum absolute atomic E-state index is 0.132. The smallest absolute Gasteiger partial charge is 0.280 e. The van der Waals surface area contributed by atoms with Crippen molar-refractivity contribution in [3.63, 3.8) is 0 Å². The van der Waals surface area contributed by atoms with Crippen molar-refractivity contribution >= 4 is 12.2 Å². The van der Waals surface area contributed by atoms with Gasteiger partial charge < -0.3 is 4.98 Å². The maximum Gasteiger partial charge on any atom is 0.280 e. The lowest BCUT2D eigenvalue weighted by Crippen LogP contribution is -2.23. The lowest BCUT2D eigenvalue weighted by Gasteiger charge is -1.71. The van der Waals surface area contributed by atoms with E-state index in [4.69, 9.17) is 0 Å². The normalized spacial score (nSPS) is 10.8. The van der Waals surface area contributed by atoms with E-state index in [1.165, 1.54) is 10.7 Å². The zero-order chi connectivity index (χ0) is 7.14. The minimum Gasteiger partial charge on any atom is -0.336 e. The van der Waals surface area contributed by atoms with Gasteiger partial charge in [0.15, 0.2) is 0 Å². The predicted molar refractivity (Wildman–Crippen MR) is 36.6 cm³/mol. The summed E-state index contributed by atoms with van der Waals surface area (Å²) in [6.45, 7) is 3.51. The van der Waals surface area contributed by atoms with Gasteiger partial charge in [-0.3, -0.25) is 4.79 Å². The molecule has 0 aliphatic rings. The molecule has 0 aromatic carbocycles. The molecule has 0 radical (unpaired) electrons. The van der Waals surface area contributed by atoms with Crippen LogP contribution in [0, 0.1) is 0 Å². The summed E-state index contributed by atoms with van der Waals surface area (Å²) in [7, 11) is 0. The van der Waals surface area contributed by atoms with Gasteiger partial charge in [0.05, 0.1) is 11.5 Å². The van der Waals surface area contributed by atoms with Gasteiger partial charge in [0.25, 0.3) is 5.56 Å². The van der Waals surface area contributed by atoms with Gasteiger partial charge >= 0.3 is 0 Å². The molecule has 0 bridgehead atoms. The van der Waals surface area contributed by atoms with Crippen LogP contribution in [0.15, 0.2) is 17.3 Å². The Morgan fingerprint density at radius 1 is 1.70 bits per heavy atom. The number of rotatable bonds is 0. The molecular formula is C6H5N3O. The van der Waals surface area contributed by atoms with Gasteiger partial charge in [-0.05, 0) is 0 Å². The standard InChI is InChI=1S/C6H5N3O/c1-4-6(10)9-3-7-2-5(9)8-4/h2-3,8H,1H2. The molecule has 4 heteroatoms. The van der Waals surface area contributed by atoms with Crippen LogP contribution in [0.2, 0.25) is 0 Å². The SMILES string of the molecule is C=c1[nH]c2cncn2c1=O. The highest BCUT2D eigenvalue weighted by Gasteiger charge is 1.97. The van der Waals surface area contributed by atoms with E-state index in [-0.39, 0.29) is 5.56 Å². The van der Waals surface area contributed by atoms with E-state index in [0.29, 0.717) is 11.0 Å². The number of H-pyrrole nitrogens is 1. The van der Waals surface area contributed by atoms with Crippen LogP contribution < -0.4 is 10.9 Å². The van der Waals surface area contributed by atoms with Crippen LogP contribution >= 0.6 is 0 Å². The second-order valence-electron chi connectivity index (χ2n) is 2.06. The third-order valence-electron chi connectivity index (χ3n) is 1.39. The van der Waals surface area contributed by atoms with Crippen LogP contribution in [0.5, 0.6) is 0 Å². The molecule has 0 saturated carbocycles. The van der Waals surface area contributed by atoms with Crippen molar-refractivity contribution in [2.45, 2.75) is 0 Å². The monoisotopic (exact) mass is 135 g/mol. The Labute approximate surface area is 55.8 Å². The van der Waals surface area contributed by atoms with Crippen LogP contribution in [0.25, 0.3) is 12.2 Å². The lowest BCUT2D eigenvalue weighted by molar-refractivity contribution is 1.11. The van der Waals surface area contributed by atoms with E-state index in [2.05, 4.69) is 16.5 Å². The first-order valence-corrected chi connectivity index (χ1v) is 2.82. The van der Waals surface area contributed by atoms with Crippen molar-refractivity contribution in [1.29, 1.82) is 0 Å². The molecule has 2 aromatic rings. The number of fused-ring (bicyclic) bond motifs is 1. The molecule has 0 aliphatic heterocycles. The van der Waals surface area contributed by atoms with E-state index in [1.807, 2.05) is 0 Å². The molecule has 0 saturated heterocycles.